The van der Waals surface area contributed by atoms with Crippen LogP contribution in [0.4, 0.5) is 0 Å². The van der Waals surface area contributed by atoms with Crippen LogP contribution in [0.25, 0.3) is 0 Å². The second-order valence-electron chi connectivity index (χ2n) is 10.3. The topological polar surface area (TPSA) is 86.8 Å². The van der Waals surface area contributed by atoms with Crippen LogP contribution in [0.3, 0.4) is 0 Å². The van der Waals surface area contributed by atoms with Crippen molar-refractivity contribution in [3.63, 3.8) is 0 Å². The highest BCUT2D eigenvalue weighted by Gasteiger charge is 2.35. The van der Waals surface area contributed by atoms with E-state index >= 15 is 0 Å². The predicted octanol–water partition coefficient (Wildman–Crippen LogP) is 4.93. The maximum Gasteiger partial charge on any atom is 0.261 e. The molecule has 1 atom stereocenters. The Balaban J connectivity index is 1.53. The molecule has 0 saturated heterocycles. The molecule has 0 radical (unpaired) electrons. The van der Waals surface area contributed by atoms with E-state index in [9.17, 15) is 19.2 Å². The fourth-order valence-corrected chi connectivity index (χ4v) is 4.92. The molecule has 0 bridgehead atoms. The van der Waals surface area contributed by atoms with Crippen molar-refractivity contribution in [2.24, 2.45) is 0 Å². The van der Waals surface area contributed by atoms with E-state index in [2.05, 4.69) is 12.2 Å². The normalized spacial score (nSPS) is 13.2. The molecule has 0 unspecified atom stereocenters. The summed E-state index contributed by atoms with van der Waals surface area (Å²) in [4.78, 5) is 55.7. The number of imide groups is 1. The number of unbranched alkanes of at least 4 members (excludes halogenated alkanes) is 1. The van der Waals surface area contributed by atoms with Gasteiger partial charge in [0.15, 0.2) is 0 Å². The van der Waals surface area contributed by atoms with E-state index in [0.29, 0.717) is 30.5 Å². The number of rotatable bonds is 13. The van der Waals surface area contributed by atoms with Crippen LogP contribution >= 0.6 is 0 Å². The van der Waals surface area contributed by atoms with E-state index in [1.807, 2.05) is 61.5 Å². The van der Waals surface area contributed by atoms with E-state index in [0.717, 1.165) is 29.5 Å². The van der Waals surface area contributed by atoms with Gasteiger partial charge in [0.25, 0.3) is 11.8 Å². The third-order valence-corrected chi connectivity index (χ3v) is 7.22. The number of fused-ring (bicyclic) bond motifs is 1. The Morgan fingerprint density at radius 2 is 1.45 bits per heavy atom. The summed E-state index contributed by atoms with van der Waals surface area (Å²) >= 11 is 0. The van der Waals surface area contributed by atoms with Crippen molar-refractivity contribution in [1.29, 1.82) is 0 Å². The lowest BCUT2D eigenvalue weighted by Crippen LogP contribution is -2.50. The largest absolute Gasteiger partial charge is 0.354 e. The average Bonchev–Trinajstić information content (AvgIpc) is 3.21. The summed E-state index contributed by atoms with van der Waals surface area (Å²) in [5, 5.41) is 3.03. The predicted molar refractivity (Wildman–Crippen MR) is 155 cm³/mol. The lowest BCUT2D eigenvalue weighted by molar-refractivity contribution is -0.141. The zero-order chi connectivity index (χ0) is 28.5. The Kier molecular flexibility index (Phi) is 9.84. The van der Waals surface area contributed by atoms with Gasteiger partial charge in [0.1, 0.15) is 6.04 Å². The van der Waals surface area contributed by atoms with E-state index in [1.54, 1.807) is 29.2 Å². The van der Waals surface area contributed by atoms with Crippen molar-refractivity contribution in [1.82, 2.24) is 15.1 Å². The molecular weight excluding hydrogens is 502 g/mol. The molecule has 1 aliphatic rings. The second-order valence-corrected chi connectivity index (χ2v) is 10.3. The zero-order valence-electron chi connectivity index (χ0n) is 23.3. The molecule has 40 heavy (non-hydrogen) atoms. The molecule has 4 amide bonds. The Bertz CT molecular complexity index is 1300. The third-order valence-electron chi connectivity index (χ3n) is 7.22. The molecule has 1 heterocycles. The SMILES string of the molecule is CCCCNC(=O)[C@@H](Cc1ccccc1)N(Cc1ccc(C)cc1)C(=O)CCCN1C(=O)c2ccccc2C1=O. The van der Waals surface area contributed by atoms with Gasteiger partial charge >= 0.3 is 0 Å². The Morgan fingerprint density at radius 3 is 2.08 bits per heavy atom. The molecule has 0 aliphatic carbocycles. The van der Waals surface area contributed by atoms with Gasteiger partial charge in [-0.3, -0.25) is 24.1 Å². The molecule has 0 saturated carbocycles. The quantitative estimate of drug-likeness (QED) is 0.247. The first kappa shape index (κ1) is 28.7. The van der Waals surface area contributed by atoms with Gasteiger partial charge in [-0.1, -0.05) is 85.6 Å². The lowest BCUT2D eigenvalue weighted by Gasteiger charge is -2.32. The van der Waals surface area contributed by atoms with Crippen molar-refractivity contribution < 1.29 is 19.2 Å². The summed E-state index contributed by atoms with van der Waals surface area (Å²) in [5.74, 6) is -1.04. The highest BCUT2D eigenvalue weighted by Crippen LogP contribution is 2.23. The molecule has 0 spiro atoms. The molecule has 3 aromatic carbocycles. The highest BCUT2D eigenvalue weighted by atomic mass is 16.2. The fourth-order valence-electron chi connectivity index (χ4n) is 4.92. The first-order chi connectivity index (χ1) is 19.4. The minimum Gasteiger partial charge on any atom is -0.354 e. The number of hydrogen-bond acceptors (Lipinski definition) is 4. The minimum absolute atomic E-state index is 0.104. The lowest BCUT2D eigenvalue weighted by atomic mass is 10.0. The Morgan fingerprint density at radius 1 is 0.825 bits per heavy atom. The van der Waals surface area contributed by atoms with Crippen molar-refractivity contribution in [2.45, 2.75) is 58.5 Å². The van der Waals surface area contributed by atoms with Crippen LogP contribution in [0.1, 0.15) is 70.0 Å². The number of nitrogens with one attached hydrogen (secondary N) is 1. The number of aryl methyl sites for hydroxylation is 1. The zero-order valence-corrected chi connectivity index (χ0v) is 23.3. The molecule has 1 N–H and O–H groups in total. The molecule has 208 valence electrons. The van der Waals surface area contributed by atoms with Crippen LogP contribution in [0.15, 0.2) is 78.9 Å². The summed E-state index contributed by atoms with van der Waals surface area (Å²) in [6.07, 6.45) is 2.61. The smallest absolute Gasteiger partial charge is 0.261 e. The molecule has 1 aliphatic heterocycles. The van der Waals surface area contributed by atoms with Crippen LogP contribution in [0.5, 0.6) is 0 Å². The summed E-state index contributed by atoms with van der Waals surface area (Å²) in [5.41, 5.74) is 3.79. The van der Waals surface area contributed by atoms with Crippen LogP contribution in [-0.4, -0.2) is 52.6 Å². The van der Waals surface area contributed by atoms with Gasteiger partial charge in [0.2, 0.25) is 11.8 Å². The van der Waals surface area contributed by atoms with Gasteiger partial charge in [-0.05, 0) is 43.0 Å². The van der Waals surface area contributed by atoms with Gasteiger partial charge in [-0.2, -0.15) is 0 Å². The summed E-state index contributed by atoms with van der Waals surface area (Å²) in [7, 11) is 0. The van der Waals surface area contributed by atoms with E-state index in [1.165, 1.54) is 4.90 Å². The van der Waals surface area contributed by atoms with Gasteiger partial charge in [-0.15, -0.1) is 0 Å². The Labute approximate surface area is 236 Å². The first-order valence-corrected chi connectivity index (χ1v) is 14.0. The van der Waals surface area contributed by atoms with Crippen LogP contribution in [-0.2, 0) is 22.6 Å². The molecule has 7 heteroatoms. The highest BCUT2D eigenvalue weighted by molar-refractivity contribution is 6.21. The average molecular weight is 540 g/mol. The monoisotopic (exact) mass is 539 g/mol. The van der Waals surface area contributed by atoms with Gasteiger partial charge in [-0.25, -0.2) is 0 Å². The summed E-state index contributed by atoms with van der Waals surface area (Å²) in [6.45, 7) is 5.04. The molecule has 0 fully saturated rings. The van der Waals surface area contributed by atoms with Crippen LogP contribution < -0.4 is 5.32 Å². The van der Waals surface area contributed by atoms with Gasteiger partial charge < -0.3 is 10.2 Å². The maximum atomic E-state index is 13.8. The molecule has 0 aromatic heterocycles. The number of hydrogen-bond donors (Lipinski definition) is 1. The third kappa shape index (κ3) is 7.03. The summed E-state index contributed by atoms with van der Waals surface area (Å²) in [6, 6.07) is 23.7. The second kappa shape index (κ2) is 13.7. The fraction of sp³-hybridized carbons (Fsp3) is 0.333. The molecule has 7 nitrogen and oxygen atoms in total. The number of carbonyl (C=O) groups is 4. The Hall–Kier alpha value is -4.26. The minimum atomic E-state index is -0.702. The van der Waals surface area contributed by atoms with Gasteiger partial charge in [0, 0.05) is 32.5 Å². The molecule has 3 aromatic rings. The molecular formula is C33H37N3O4. The van der Waals surface area contributed by atoms with Crippen molar-refractivity contribution in [3.8, 4) is 0 Å². The molecule has 4 rings (SSSR count). The van der Waals surface area contributed by atoms with E-state index in [4.69, 9.17) is 0 Å². The van der Waals surface area contributed by atoms with Crippen LogP contribution in [0.2, 0.25) is 0 Å². The summed E-state index contributed by atoms with van der Waals surface area (Å²) < 4.78 is 0. The number of carbonyl (C=O) groups excluding carboxylic acids is 4. The van der Waals surface area contributed by atoms with Crippen molar-refractivity contribution in [3.05, 3.63) is 107 Å². The number of benzene rings is 3. The van der Waals surface area contributed by atoms with Crippen molar-refractivity contribution in [2.75, 3.05) is 13.1 Å². The first-order valence-electron chi connectivity index (χ1n) is 14.0. The maximum absolute atomic E-state index is 13.8. The van der Waals surface area contributed by atoms with Crippen LogP contribution in [0, 0.1) is 6.92 Å². The van der Waals surface area contributed by atoms with E-state index < -0.39 is 6.04 Å². The number of amides is 4. The standard InChI is InChI=1S/C33H37N3O4/c1-3-4-20-34-31(38)29(22-25-11-6-5-7-12-25)36(23-26-18-16-24(2)17-19-26)30(37)15-10-21-35-32(39)27-13-8-9-14-28(27)33(35)40/h5-9,11-14,16-19,29H,3-4,10,15,20-23H2,1-2H3,(H,34,38)/t29-/m1/s1. The number of nitrogens with zero attached hydrogens (tertiary/aromatic N) is 2. The van der Waals surface area contributed by atoms with E-state index in [-0.39, 0.29) is 43.1 Å². The van der Waals surface area contributed by atoms with Gasteiger partial charge in [0.05, 0.1) is 11.1 Å². The van der Waals surface area contributed by atoms with Crippen molar-refractivity contribution >= 4 is 23.6 Å².